The molecule has 0 aliphatic heterocycles. The molecule has 0 aromatic rings. The van der Waals surface area contributed by atoms with Crippen LogP contribution in [0.5, 0.6) is 0 Å². The van der Waals surface area contributed by atoms with Crippen molar-refractivity contribution < 1.29 is 0 Å². The van der Waals surface area contributed by atoms with Crippen LogP contribution in [0.3, 0.4) is 0 Å². The van der Waals surface area contributed by atoms with Gasteiger partial charge in [0.05, 0.1) is 6.04 Å². The molecule has 0 amide bonds. The fourth-order valence-corrected chi connectivity index (χ4v) is 2.29. The van der Waals surface area contributed by atoms with Gasteiger partial charge in [-0.25, -0.2) is 10.8 Å². The molecule has 0 aromatic carbocycles. The molecule has 0 radical (unpaired) electrons. The largest absolute Gasteiger partial charge is 0.353 e. The first-order valence-corrected chi connectivity index (χ1v) is 6.35. The van der Waals surface area contributed by atoms with Gasteiger partial charge in [-0.3, -0.25) is 5.43 Å². The minimum absolute atomic E-state index is 0.353. The molecule has 3 atom stereocenters. The van der Waals surface area contributed by atoms with Crippen LogP contribution in [0, 0.1) is 11.8 Å². The zero-order valence-corrected chi connectivity index (χ0v) is 11.0. The summed E-state index contributed by atoms with van der Waals surface area (Å²) >= 11 is 0. The van der Waals surface area contributed by atoms with E-state index in [4.69, 9.17) is 10.8 Å². The molecule has 3 unspecified atom stereocenters. The summed E-state index contributed by atoms with van der Waals surface area (Å²) in [7, 11) is 0. The van der Waals surface area contributed by atoms with Crippen LogP contribution in [0.2, 0.25) is 0 Å². The summed E-state index contributed by atoms with van der Waals surface area (Å²) in [5.41, 5.74) is 2.65. The van der Waals surface area contributed by atoms with Crippen molar-refractivity contribution >= 4 is 5.96 Å². The van der Waals surface area contributed by atoms with Crippen LogP contribution in [0.25, 0.3) is 0 Å². The third-order valence-electron chi connectivity index (χ3n) is 3.52. The fraction of sp³-hybridized carbons (Fsp3) is 0.917. The normalized spacial score (nSPS) is 31.6. The standard InChI is InChI=1S/C12H26N4/c1-8(2)14-12(16-13)15-11-7-5-6-9(3)10(11)4/h8-11H,5-7,13H2,1-4H3,(H2,14,15,16). The fourth-order valence-electron chi connectivity index (χ4n) is 2.29. The molecule has 0 saturated heterocycles. The van der Waals surface area contributed by atoms with Gasteiger partial charge in [-0.05, 0) is 32.1 Å². The molecular formula is C12H26N4. The van der Waals surface area contributed by atoms with Gasteiger partial charge in [0, 0.05) is 6.04 Å². The number of hydrogen-bond acceptors (Lipinski definition) is 2. The number of hydrazine groups is 1. The summed E-state index contributed by atoms with van der Waals surface area (Å²) in [4.78, 5) is 4.70. The van der Waals surface area contributed by atoms with Gasteiger partial charge in [0.1, 0.15) is 0 Å². The molecule has 94 valence electrons. The van der Waals surface area contributed by atoms with E-state index in [1.54, 1.807) is 0 Å². The molecule has 16 heavy (non-hydrogen) atoms. The highest BCUT2D eigenvalue weighted by Crippen LogP contribution is 2.31. The van der Waals surface area contributed by atoms with Crippen LogP contribution >= 0.6 is 0 Å². The first kappa shape index (κ1) is 13.3. The minimum atomic E-state index is 0.353. The number of guanidine groups is 1. The average molecular weight is 226 g/mol. The van der Waals surface area contributed by atoms with E-state index in [1.807, 2.05) is 0 Å². The predicted octanol–water partition coefficient (Wildman–Crippen LogP) is 1.63. The summed E-state index contributed by atoms with van der Waals surface area (Å²) in [6, 6.07) is 0.757. The Balaban J connectivity index is 2.63. The number of rotatable bonds is 2. The van der Waals surface area contributed by atoms with Gasteiger partial charge >= 0.3 is 0 Å². The number of nitrogens with two attached hydrogens (primary N) is 1. The van der Waals surface area contributed by atoms with Gasteiger partial charge < -0.3 is 5.32 Å². The highest BCUT2D eigenvalue weighted by molar-refractivity contribution is 5.79. The van der Waals surface area contributed by atoms with Crippen LogP contribution in [0.15, 0.2) is 4.99 Å². The van der Waals surface area contributed by atoms with Crippen LogP contribution in [-0.2, 0) is 0 Å². The zero-order valence-electron chi connectivity index (χ0n) is 11.0. The Morgan fingerprint density at radius 2 is 2.00 bits per heavy atom. The number of aliphatic imine (C=N–C) groups is 1. The monoisotopic (exact) mass is 226 g/mol. The lowest BCUT2D eigenvalue weighted by Crippen LogP contribution is -2.46. The van der Waals surface area contributed by atoms with E-state index in [0.717, 1.165) is 11.9 Å². The maximum atomic E-state index is 5.48. The van der Waals surface area contributed by atoms with Crippen LogP contribution in [0.1, 0.15) is 47.0 Å². The number of hydrogen-bond donors (Lipinski definition) is 3. The topological polar surface area (TPSA) is 62.4 Å². The van der Waals surface area contributed by atoms with Gasteiger partial charge in [-0.2, -0.15) is 0 Å². The lowest BCUT2D eigenvalue weighted by atomic mass is 9.78. The van der Waals surface area contributed by atoms with E-state index >= 15 is 0 Å². The molecule has 0 bridgehead atoms. The van der Waals surface area contributed by atoms with Crippen LogP contribution < -0.4 is 16.6 Å². The quantitative estimate of drug-likeness (QED) is 0.290. The van der Waals surface area contributed by atoms with Gasteiger partial charge in [0.25, 0.3) is 0 Å². The van der Waals surface area contributed by atoms with Gasteiger partial charge in [0.15, 0.2) is 0 Å². The summed E-state index contributed by atoms with van der Waals surface area (Å²) < 4.78 is 0. The molecule has 0 spiro atoms. The Hall–Kier alpha value is -0.770. The maximum absolute atomic E-state index is 5.48. The van der Waals surface area contributed by atoms with Gasteiger partial charge in [-0.15, -0.1) is 0 Å². The second-order valence-corrected chi connectivity index (χ2v) is 5.26. The van der Waals surface area contributed by atoms with Crippen molar-refractivity contribution in [1.29, 1.82) is 0 Å². The second kappa shape index (κ2) is 6.09. The van der Waals surface area contributed by atoms with Gasteiger partial charge in [0.2, 0.25) is 5.96 Å². The molecule has 1 aliphatic carbocycles. The first-order chi connectivity index (χ1) is 7.54. The van der Waals surface area contributed by atoms with Crippen molar-refractivity contribution in [1.82, 2.24) is 10.7 Å². The van der Waals surface area contributed by atoms with Crippen molar-refractivity contribution in [3.63, 3.8) is 0 Å². The van der Waals surface area contributed by atoms with E-state index < -0.39 is 0 Å². The van der Waals surface area contributed by atoms with Crippen LogP contribution in [-0.4, -0.2) is 18.0 Å². The third-order valence-corrected chi connectivity index (χ3v) is 3.52. The first-order valence-electron chi connectivity index (χ1n) is 6.35. The van der Waals surface area contributed by atoms with E-state index in [9.17, 15) is 0 Å². The summed E-state index contributed by atoms with van der Waals surface area (Å²) in [5, 5.41) is 3.23. The highest BCUT2D eigenvalue weighted by Gasteiger charge is 2.26. The summed E-state index contributed by atoms with van der Waals surface area (Å²) in [5.74, 6) is 7.61. The SMILES string of the molecule is CC(C)NC(=NC1CCCC(C)C1C)NN. The summed E-state index contributed by atoms with van der Waals surface area (Å²) in [6.07, 6.45) is 3.78. The van der Waals surface area contributed by atoms with Crippen molar-refractivity contribution in [3.8, 4) is 0 Å². The Labute approximate surface area is 99.1 Å². The van der Waals surface area contributed by atoms with E-state index in [-0.39, 0.29) is 0 Å². The molecule has 0 heterocycles. The Kier molecular flexibility index (Phi) is 5.06. The Morgan fingerprint density at radius 1 is 1.31 bits per heavy atom. The maximum Gasteiger partial charge on any atom is 0.206 e. The van der Waals surface area contributed by atoms with Crippen molar-refractivity contribution in [2.45, 2.75) is 59.0 Å². The molecule has 4 N–H and O–H groups in total. The Morgan fingerprint density at radius 3 is 2.56 bits per heavy atom. The third kappa shape index (κ3) is 3.67. The van der Waals surface area contributed by atoms with Crippen molar-refractivity contribution in [2.75, 3.05) is 0 Å². The second-order valence-electron chi connectivity index (χ2n) is 5.26. The Bertz CT molecular complexity index is 237. The summed E-state index contributed by atoms with van der Waals surface area (Å²) in [6.45, 7) is 8.78. The molecule has 1 aliphatic rings. The highest BCUT2D eigenvalue weighted by atomic mass is 15.3. The molecular weight excluding hydrogens is 200 g/mol. The number of nitrogens with zero attached hydrogens (tertiary/aromatic N) is 1. The number of nitrogens with one attached hydrogen (secondary N) is 2. The molecule has 1 saturated carbocycles. The lowest BCUT2D eigenvalue weighted by Gasteiger charge is -2.32. The smallest absolute Gasteiger partial charge is 0.206 e. The van der Waals surface area contributed by atoms with E-state index in [0.29, 0.717) is 18.0 Å². The molecule has 0 aromatic heterocycles. The minimum Gasteiger partial charge on any atom is -0.353 e. The zero-order chi connectivity index (χ0) is 12.1. The van der Waals surface area contributed by atoms with Gasteiger partial charge in [-0.1, -0.05) is 26.7 Å². The van der Waals surface area contributed by atoms with E-state index in [2.05, 4.69) is 38.4 Å². The van der Waals surface area contributed by atoms with Crippen molar-refractivity contribution in [2.24, 2.45) is 22.7 Å². The molecule has 1 fully saturated rings. The van der Waals surface area contributed by atoms with E-state index in [1.165, 1.54) is 19.3 Å². The lowest BCUT2D eigenvalue weighted by molar-refractivity contribution is 0.240. The predicted molar refractivity (Wildman–Crippen MR) is 69.0 cm³/mol. The van der Waals surface area contributed by atoms with Crippen LogP contribution in [0.4, 0.5) is 0 Å². The van der Waals surface area contributed by atoms with Crippen molar-refractivity contribution in [3.05, 3.63) is 0 Å². The molecule has 4 heteroatoms. The molecule has 1 rings (SSSR count). The molecule has 4 nitrogen and oxygen atoms in total. The average Bonchev–Trinajstić information content (AvgIpc) is 2.23.